The zero-order chi connectivity index (χ0) is 17.8. The summed E-state index contributed by atoms with van der Waals surface area (Å²) in [5, 5.41) is 2.99. The third-order valence-corrected chi connectivity index (χ3v) is 4.48. The molecule has 2 atom stereocenters. The number of nitrogens with one attached hydrogen (secondary N) is 1. The van der Waals surface area contributed by atoms with Gasteiger partial charge in [-0.25, -0.2) is 0 Å². The molecule has 1 aromatic carbocycles. The Labute approximate surface area is 146 Å². The summed E-state index contributed by atoms with van der Waals surface area (Å²) >= 11 is 0. The van der Waals surface area contributed by atoms with Gasteiger partial charge in [0, 0.05) is 18.5 Å². The zero-order valence-electron chi connectivity index (χ0n) is 14.4. The van der Waals surface area contributed by atoms with E-state index in [2.05, 4.69) is 5.32 Å². The second-order valence-electron chi connectivity index (χ2n) is 6.23. The van der Waals surface area contributed by atoms with Crippen molar-refractivity contribution in [2.24, 2.45) is 5.92 Å². The predicted octanol–water partition coefficient (Wildman–Crippen LogP) is 2.51. The van der Waals surface area contributed by atoms with Gasteiger partial charge in [-0.2, -0.15) is 0 Å². The summed E-state index contributed by atoms with van der Waals surface area (Å²) in [6.07, 6.45) is 1.81. The number of carbonyl (C=O) groups excluding carboxylic acids is 2. The number of para-hydroxylation sites is 1. The maximum Gasteiger partial charge on any atom is 0.225 e. The predicted molar refractivity (Wildman–Crippen MR) is 91.8 cm³/mol. The molecule has 6 nitrogen and oxygen atoms in total. The van der Waals surface area contributed by atoms with Gasteiger partial charge < -0.3 is 19.4 Å². The fourth-order valence-electron chi connectivity index (χ4n) is 3.12. The van der Waals surface area contributed by atoms with Crippen LogP contribution in [-0.2, 0) is 16.1 Å². The van der Waals surface area contributed by atoms with E-state index in [0.717, 1.165) is 17.1 Å². The van der Waals surface area contributed by atoms with Crippen molar-refractivity contribution in [3.05, 3.63) is 54.0 Å². The molecule has 0 spiro atoms. The van der Waals surface area contributed by atoms with Crippen molar-refractivity contribution in [3.8, 4) is 5.75 Å². The molecule has 3 rings (SSSR count). The van der Waals surface area contributed by atoms with Gasteiger partial charge in [-0.3, -0.25) is 9.59 Å². The lowest BCUT2D eigenvalue weighted by atomic mass is 10.0. The zero-order valence-corrected chi connectivity index (χ0v) is 14.4. The lowest BCUT2D eigenvalue weighted by molar-refractivity contribution is -0.129. The van der Waals surface area contributed by atoms with Crippen LogP contribution in [0.3, 0.4) is 0 Å². The molecule has 0 saturated carbocycles. The number of ether oxygens (including phenoxy) is 1. The summed E-state index contributed by atoms with van der Waals surface area (Å²) in [6.45, 7) is 2.72. The molecular weight excluding hydrogens is 320 g/mol. The van der Waals surface area contributed by atoms with E-state index in [1.54, 1.807) is 24.3 Å². The normalized spacial score (nSPS) is 18.2. The average Bonchev–Trinajstić information content (AvgIpc) is 3.25. The number of benzene rings is 1. The molecule has 6 heteroatoms. The quantitative estimate of drug-likeness (QED) is 0.875. The first-order chi connectivity index (χ1) is 12.1. The Kier molecular flexibility index (Phi) is 5.07. The van der Waals surface area contributed by atoms with Gasteiger partial charge in [0.25, 0.3) is 0 Å². The Hall–Kier alpha value is -2.76. The van der Waals surface area contributed by atoms with Gasteiger partial charge in [-0.05, 0) is 25.1 Å². The van der Waals surface area contributed by atoms with Crippen LogP contribution in [0, 0.1) is 5.92 Å². The summed E-state index contributed by atoms with van der Waals surface area (Å²) in [7, 11) is 1.61. The topological polar surface area (TPSA) is 71.8 Å². The third kappa shape index (κ3) is 3.84. The van der Waals surface area contributed by atoms with Crippen LogP contribution in [0.1, 0.15) is 30.7 Å². The maximum absolute atomic E-state index is 12.6. The first-order valence-electron chi connectivity index (χ1n) is 8.32. The number of amides is 2. The number of carbonyl (C=O) groups is 2. The summed E-state index contributed by atoms with van der Waals surface area (Å²) in [4.78, 5) is 26.4. The number of hydrogen-bond donors (Lipinski definition) is 1. The summed E-state index contributed by atoms with van der Waals surface area (Å²) < 4.78 is 10.6. The second kappa shape index (κ2) is 7.42. The van der Waals surface area contributed by atoms with E-state index >= 15 is 0 Å². The monoisotopic (exact) mass is 342 g/mol. The molecule has 1 aliphatic rings. The fourth-order valence-corrected chi connectivity index (χ4v) is 3.12. The van der Waals surface area contributed by atoms with Crippen LogP contribution in [0.15, 0.2) is 47.1 Å². The van der Waals surface area contributed by atoms with E-state index in [9.17, 15) is 9.59 Å². The van der Waals surface area contributed by atoms with E-state index in [-0.39, 0.29) is 30.2 Å². The largest absolute Gasteiger partial charge is 0.496 e. The second-order valence-corrected chi connectivity index (χ2v) is 6.23. The fraction of sp³-hybridized carbons (Fsp3) is 0.368. The Morgan fingerprint density at radius 1 is 1.36 bits per heavy atom. The van der Waals surface area contributed by atoms with Crippen LogP contribution in [-0.4, -0.2) is 30.4 Å². The molecule has 0 radical (unpaired) electrons. The molecule has 25 heavy (non-hydrogen) atoms. The van der Waals surface area contributed by atoms with Gasteiger partial charge in [0.15, 0.2) is 0 Å². The van der Waals surface area contributed by atoms with E-state index in [0.29, 0.717) is 13.1 Å². The summed E-state index contributed by atoms with van der Waals surface area (Å²) in [5.74, 6) is 0.962. The van der Waals surface area contributed by atoms with Crippen LogP contribution >= 0.6 is 0 Å². The molecule has 2 aromatic rings. The lowest BCUT2D eigenvalue weighted by Crippen LogP contribution is -2.34. The van der Waals surface area contributed by atoms with Gasteiger partial charge in [0.2, 0.25) is 11.8 Å². The van der Waals surface area contributed by atoms with Gasteiger partial charge >= 0.3 is 0 Å². The lowest BCUT2D eigenvalue weighted by Gasteiger charge is -2.19. The Balaban J connectivity index is 1.61. The van der Waals surface area contributed by atoms with Crippen LogP contribution in [0.5, 0.6) is 5.75 Å². The number of rotatable bonds is 6. The minimum Gasteiger partial charge on any atom is -0.496 e. The maximum atomic E-state index is 12.6. The number of furan rings is 1. The van der Waals surface area contributed by atoms with Crippen molar-refractivity contribution in [1.82, 2.24) is 10.2 Å². The highest BCUT2D eigenvalue weighted by atomic mass is 16.5. The van der Waals surface area contributed by atoms with Crippen molar-refractivity contribution in [2.45, 2.75) is 25.9 Å². The Bertz CT molecular complexity index is 742. The van der Waals surface area contributed by atoms with Crippen molar-refractivity contribution in [2.75, 3.05) is 13.7 Å². The minimum atomic E-state index is -0.348. The Morgan fingerprint density at radius 3 is 2.88 bits per heavy atom. The molecular formula is C19H22N2O4. The van der Waals surface area contributed by atoms with E-state index in [1.165, 1.54) is 0 Å². The molecule has 1 N–H and O–H groups in total. The molecule has 1 fully saturated rings. The third-order valence-electron chi connectivity index (χ3n) is 4.48. The first kappa shape index (κ1) is 17.1. The average molecular weight is 342 g/mol. The molecule has 1 saturated heterocycles. The van der Waals surface area contributed by atoms with Crippen molar-refractivity contribution < 1.29 is 18.7 Å². The molecule has 0 aliphatic carbocycles. The molecule has 0 unspecified atom stereocenters. The molecule has 132 valence electrons. The molecule has 2 amide bonds. The number of methoxy groups -OCH3 is 1. The van der Waals surface area contributed by atoms with Crippen LogP contribution in [0.25, 0.3) is 0 Å². The van der Waals surface area contributed by atoms with Gasteiger partial charge in [0.05, 0.1) is 31.9 Å². The SMILES string of the molecule is COc1ccccc1[C@@H](C)NC(=O)[C@H]1CC(=O)N(Cc2ccco2)C1. The van der Waals surface area contributed by atoms with Crippen LogP contribution < -0.4 is 10.1 Å². The van der Waals surface area contributed by atoms with Gasteiger partial charge in [-0.1, -0.05) is 18.2 Å². The van der Waals surface area contributed by atoms with Crippen molar-refractivity contribution in [1.29, 1.82) is 0 Å². The summed E-state index contributed by atoms with van der Waals surface area (Å²) in [6, 6.07) is 11.0. The highest BCUT2D eigenvalue weighted by Gasteiger charge is 2.35. The molecule has 0 bridgehead atoms. The highest BCUT2D eigenvalue weighted by molar-refractivity contribution is 5.89. The van der Waals surface area contributed by atoms with E-state index in [1.807, 2.05) is 37.3 Å². The van der Waals surface area contributed by atoms with E-state index < -0.39 is 0 Å². The van der Waals surface area contributed by atoms with Crippen LogP contribution in [0.4, 0.5) is 0 Å². The minimum absolute atomic E-state index is 0.0264. The first-order valence-corrected chi connectivity index (χ1v) is 8.32. The molecule has 2 heterocycles. The standard InChI is InChI=1S/C19H22N2O4/c1-13(16-7-3-4-8-17(16)24-2)20-19(23)14-10-18(22)21(11-14)12-15-6-5-9-25-15/h3-9,13-14H,10-12H2,1-2H3,(H,20,23)/t13-,14+/m1/s1. The van der Waals surface area contributed by atoms with Crippen molar-refractivity contribution in [3.63, 3.8) is 0 Å². The highest BCUT2D eigenvalue weighted by Crippen LogP contribution is 2.26. The van der Waals surface area contributed by atoms with E-state index in [4.69, 9.17) is 9.15 Å². The molecule has 1 aromatic heterocycles. The number of likely N-dealkylation sites (tertiary alicyclic amines) is 1. The number of nitrogens with zero attached hydrogens (tertiary/aromatic N) is 1. The number of hydrogen-bond acceptors (Lipinski definition) is 4. The van der Waals surface area contributed by atoms with Crippen molar-refractivity contribution >= 4 is 11.8 Å². The summed E-state index contributed by atoms with van der Waals surface area (Å²) in [5.41, 5.74) is 0.912. The molecule has 1 aliphatic heterocycles. The Morgan fingerprint density at radius 2 is 2.16 bits per heavy atom. The van der Waals surface area contributed by atoms with Gasteiger partial charge in [0.1, 0.15) is 11.5 Å². The van der Waals surface area contributed by atoms with Gasteiger partial charge in [-0.15, -0.1) is 0 Å². The van der Waals surface area contributed by atoms with Crippen LogP contribution in [0.2, 0.25) is 0 Å². The smallest absolute Gasteiger partial charge is 0.225 e.